The van der Waals surface area contributed by atoms with Crippen LogP contribution in [-0.4, -0.2) is 18.3 Å². The van der Waals surface area contributed by atoms with E-state index in [1.807, 2.05) is 0 Å². The molecule has 0 fully saturated rings. The van der Waals surface area contributed by atoms with Crippen LogP contribution in [0.5, 0.6) is 11.5 Å². The van der Waals surface area contributed by atoms with Crippen LogP contribution in [0.3, 0.4) is 0 Å². The Hall–Kier alpha value is -1.29. The summed E-state index contributed by atoms with van der Waals surface area (Å²) in [4.78, 5) is 0. The van der Waals surface area contributed by atoms with Gasteiger partial charge < -0.3 is 14.6 Å². The fourth-order valence-electron chi connectivity index (χ4n) is 2.08. The molecule has 4 heteroatoms. The lowest BCUT2D eigenvalue weighted by molar-refractivity contribution is 0.179. The third kappa shape index (κ3) is 2.58. The molecule has 0 aliphatic carbocycles. The normalized spacial score (nSPS) is 17.2. The van der Waals surface area contributed by atoms with Gasteiger partial charge in [-0.05, 0) is 44.0 Å². The van der Waals surface area contributed by atoms with Gasteiger partial charge >= 0.3 is 0 Å². The van der Waals surface area contributed by atoms with Gasteiger partial charge in [0.1, 0.15) is 5.67 Å². The van der Waals surface area contributed by atoms with Gasteiger partial charge in [-0.3, -0.25) is 0 Å². The fraction of sp³-hybridized carbons (Fsp3) is 0.571. The molecule has 1 aliphatic heterocycles. The molecule has 0 spiro atoms. The van der Waals surface area contributed by atoms with Gasteiger partial charge in [0.05, 0.1) is 19.3 Å². The Bertz CT molecular complexity index is 435. The van der Waals surface area contributed by atoms with Crippen molar-refractivity contribution in [2.45, 2.75) is 39.0 Å². The molecule has 0 bridgehead atoms. The average Bonchev–Trinajstić information content (AvgIpc) is 2.50. The Morgan fingerprint density at radius 3 is 2.28 bits per heavy atom. The monoisotopic (exact) mass is 254 g/mol. The first-order chi connectivity index (χ1) is 8.39. The topological polar surface area (TPSA) is 38.7 Å². The highest BCUT2D eigenvalue weighted by atomic mass is 19.1. The molecular weight excluding hydrogens is 235 g/mol. The zero-order valence-electron chi connectivity index (χ0n) is 11.0. The average molecular weight is 254 g/mol. The lowest BCUT2D eigenvalue weighted by atomic mass is 9.91. The lowest BCUT2D eigenvalue weighted by Gasteiger charge is -2.23. The van der Waals surface area contributed by atoms with E-state index in [9.17, 15) is 9.50 Å². The number of alkyl halides is 1. The number of rotatable bonds is 2. The van der Waals surface area contributed by atoms with Crippen LogP contribution in [0.15, 0.2) is 12.1 Å². The molecule has 0 saturated heterocycles. The summed E-state index contributed by atoms with van der Waals surface area (Å²) in [6.07, 6.45) is 0.0553. The number of aliphatic hydroxyl groups excluding tert-OH is 1. The zero-order chi connectivity index (χ0) is 13.3. The van der Waals surface area contributed by atoms with Crippen molar-refractivity contribution in [3.63, 3.8) is 0 Å². The predicted molar refractivity (Wildman–Crippen MR) is 66.8 cm³/mol. The Morgan fingerprint density at radius 2 is 1.78 bits per heavy atom. The SMILES string of the molecule is CC(O)c1cc2c(cc1C(C)(C)F)OCCCO2. The van der Waals surface area contributed by atoms with E-state index in [2.05, 4.69) is 0 Å². The van der Waals surface area contributed by atoms with Crippen molar-refractivity contribution in [3.8, 4) is 11.5 Å². The molecule has 1 heterocycles. The molecule has 100 valence electrons. The molecule has 1 aliphatic rings. The Morgan fingerprint density at radius 1 is 1.22 bits per heavy atom. The van der Waals surface area contributed by atoms with Crippen molar-refractivity contribution in [1.29, 1.82) is 0 Å². The minimum Gasteiger partial charge on any atom is -0.490 e. The second kappa shape index (κ2) is 4.76. The summed E-state index contributed by atoms with van der Waals surface area (Å²) >= 11 is 0. The molecule has 18 heavy (non-hydrogen) atoms. The van der Waals surface area contributed by atoms with Gasteiger partial charge in [-0.25, -0.2) is 4.39 Å². The lowest BCUT2D eigenvalue weighted by Crippen LogP contribution is -2.14. The van der Waals surface area contributed by atoms with Crippen LogP contribution in [0.1, 0.15) is 44.4 Å². The van der Waals surface area contributed by atoms with Crippen molar-refractivity contribution in [1.82, 2.24) is 0 Å². The largest absolute Gasteiger partial charge is 0.490 e. The zero-order valence-corrected chi connectivity index (χ0v) is 11.0. The first-order valence-corrected chi connectivity index (χ1v) is 6.20. The van der Waals surface area contributed by atoms with E-state index in [1.54, 1.807) is 19.1 Å². The van der Waals surface area contributed by atoms with Crippen LogP contribution in [0.25, 0.3) is 0 Å². The molecule has 3 nitrogen and oxygen atoms in total. The van der Waals surface area contributed by atoms with Crippen molar-refractivity contribution < 1.29 is 19.0 Å². The molecule has 1 aromatic carbocycles. The molecule has 2 rings (SSSR count). The fourth-order valence-corrected chi connectivity index (χ4v) is 2.08. The van der Waals surface area contributed by atoms with Crippen LogP contribution >= 0.6 is 0 Å². The van der Waals surface area contributed by atoms with Crippen molar-refractivity contribution >= 4 is 0 Å². The maximum Gasteiger partial charge on any atom is 0.161 e. The highest BCUT2D eigenvalue weighted by molar-refractivity contribution is 5.50. The van der Waals surface area contributed by atoms with E-state index < -0.39 is 11.8 Å². The van der Waals surface area contributed by atoms with E-state index in [-0.39, 0.29) is 0 Å². The Balaban J connectivity index is 2.55. The molecule has 1 aromatic rings. The maximum absolute atomic E-state index is 14.2. The van der Waals surface area contributed by atoms with E-state index >= 15 is 0 Å². The molecule has 0 amide bonds. The van der Waals surface area contributed by atoms with Crippen molar-refractivity contribution in [2.24, 2.45) is 0 Å². The van der Waals surface area contributed by atoms with Crippen LogP contribution in [0.4, 0.5) is 4.39 Å². The number of ether oxygens (including phenoxy) is 2. The van der Waals surface area contributed by atoms with Gasteiger partial charge in [-0.1, -0.05) is 0 Å². The molecule has 0 aromatic heterocycles. The molecular formula is C14H19FO3. The summed E-state index contributed by atoms with van der Waals surface area (Å²) < 4.78 is 25.3. The van der Waals surface area contributed by atoms with E-state index in [0.717, 1.165) is 6.42 Å². The van der Waals surface area contributed by atoms with Crippen LogP contribution in [-0.2, 0) is 5.67 Å². The number of halogens is 1. The third-order valence-corrected chi connectivity index (χ3v) is 3.01. The Labute approximate surface area is 107 Å². The maximum atomic E-state index is 14.2. The summed E-state index contributed by atoms with van der Waals surface area (Å²) in [7, 11) is 0. The minimum absolute atomic E-state index is 0.446. The summed E-state index contributed by atoms with van der Waals surface area (Å²) in [6.45, 7) is 5.70. The summed E-state index contributed by atoms with van der Waals surface area (Å²) in [6, 6.07) is 3.32. The number of benzene rings is 1. The molecule has 0 radical (unpaired) electrons. The second-order valence-electron chi connectivity index (χ2n) is 5.09. The summed E-state index contributed by atoms with van der Waals surface area (Å²) in [5.74, 6) is 1.13. The number of hydrogen-bond acceptors (Lipinski definition) is 3. The van der Waals surface area contributed by atoms with Gasteiger partial charge in [0, 0.05) is 6.42 Å². The van der Waals surface area contributed by atoms with Crippen molar-refractivity contribution in [3.05, 3.63) is 23.3 Å². The summed E-state index contributed by atoms with van der Waals surface area (Å²) in [5.41, 5.74) is -0.537. The van der Waals surface area contributed by atoms with Gasteiger partial charge in [-0.15, -0.1) is 0 Å². The Kier molecular flexibility index (Phi) is 3.48. The molecule has 1 atom stereocenters. The van der Waals surface area contributed by atoms with Crippen LogP contribution in [0, 0.1) is 0 Å². The van der Waals surface area contributed by atoms with E-state index in [0.29, 0.717) is 35.8 Å². The van der Waals surface area contributed by atoms with Gasteiger partial charge in [-0.2, -0.15) is 0 Å². The predicted octanol–water partition coefficient (Wildman–Crippen LogP) is 3.11. The van der Waals surface area contributed by atoms with E-state index in [1.165, 1.54) is 13.8 Å². The smallest absolute Gasteiger partial charge is 0.161 e. The van der Waals surface area contributed by atoms with Crippen LogP contribution in [0.2, 0.25) is 0 Å². The third-order valence-electron chi connectivity index (χ3n) is 3.01. The number of aliphatic hydroxyl groups is 1. The second-order valence-corrected chi connectivity index (χ2v) is 5.09. The standard InChI is InChI=1S/C14H19FO3/c1-9(16)10-7-12-13(18-6-4-5-17-12)8-11(10)14(2,3)15/h7-9,16H,4-6H2,1-3H3. The first kappa shape index (κ1) is 13.1. The van der Waals surface area contributed by atoms with Crippen molar-refractivity contribution in [2.75, 3.05) is 13.2 Å². The van der Waals surface area contributed by atoms with Gasteiger partial charge in [0.15, 0.2) is 11.5 Å². The summed E-state index contributed by atoms with van der Waals surface area (Å²) in [5, 5.41) is 9.78. The molecule has 1 unspecified atom stereocenters. The highest BCUT2D eigenvalue weighted by Gasteiger charge is 2.27. The number of hydrogen-bond donors (Lipinski definition) is 1. The molecule has 0 saturated carbocycles. The van der Waals surface area contributed by atoms with Gasteiger partial charge in [0.25, 0.3) is 0 Å². The minimum atomic E-state index is -1.53. The first-order valence-electron chi connectivity index (χ1n) is 6.20. The van der Waals surface area contributed by atoms with E-state index in [4.69, 9.17) is 9.47 Å². The number of fused-ring (bicyclic) bond motifs is 1. The highest BCUT2D eigenvalue weighted by Crippen LogP contribution is 2.40. The molecule has 1 N–H and O–H groups in total. The van der Waals surface area contributed by atoms with Gasteiger partial charge in [0.2, 0.25) is 0 Å². The van der Waals surface area contributed by atoms with Crippen LogP contribution < -0.4 is 9.47 Å². The quantitative estimate of drug-likeness (QED) is 0.881.